The first-order valence-corrected chi connectivity index (χ1v) is 10.7. The maximum Gasteiger partial charge on any atom is 0.239 e. The average Bonchev–Trinajstić information content (AvgIpc) is 3.34. The van der Waals surface area contributed by atoms with E-state index in [-0.39, 0.29) is 11.2 Å². The van der Waals surface area contributed by atoms with Crippen molar-refractivity contribution in [1.29, 1.82) is 0 Å². The van der Waals surface area contributed by atoms with Gasteiger partial charge in [0.1, 0.15) is 0 Å². The van der Waals surface area contributed by atoms with E-state index in [1.165, 1.54) is 28.7 Å². The van der Waals surface area contributed by atoms with E-state index < -0.39 is 0 Å². The minimum Gasteiger partial charge on any atom is -0.301 e. The molecule has 0 bridgehead atoms. The molecule has 1 amide bonds. The standard InChI is InChI=1S/C20H19N5OS2/c1-3-13-8-10-14(11-9-13)17-22-20(25-24-17)27-12(2)18(26)23-19-21-15-6-4-5-7-16(15)28-19/h4-12H,3H2,1-2H3,(H,21,23,26)(H,22,24,25). The highest BCUT2D eigenvalue weighted by molar-refractivity contribution is 8.00. The van der Waals surface area contributed by atoms with Gasteiger partial charge in [-0.05, 0) is 31.0 Å². The van der Waals surface area contributed by atoms with Crippen molar-refractivity contribution in [2.24, 2.45) is 0 Å². The fourth-order valence-electron chi connectivity index (χ4n) is 2.67. The molecule has 2 N–H and O–H groups in total. The van der Waals surface area contributed by atoms with Crippen molar-refractivity contribution in [3.63, 3.8) is 0 Å². The molecule has 0 spiro atoms. The summed E-state index contributed by atoms with van der Waals surface area (Å²) >= 11 is 2.78. The van der Waals surface area contributed by atoms with Crippen molar-refractivity contribution >= 4 is 44.4 Å². The maximum absolute atomic E-state index is 12.5. The van der Waals surface area contributed by atoms with Gasteiger partial charge in [0.25, 0.3) is 0 Å². The molecule has 6 nitrogen and oxygen atoms in total. The summed E-state index contributed by atoms with van der Waals surface area (Å²) in [6, 6.07) is 16.0. The number of carbonyl (C=O) groups excluding carboxylic acids is 1. The predicted octanol–water partition coefficient (Wildman–Crippen LogP) is 4.76. The van der Waals surface area contributed by atoms with E-state index in [1.807, 2.05) is 43.3 Å². The molecule has 0 aliphatic carbocycles. The Balaban J connectivity index is 1.40. The first kappa shape index (κ1) is 18.6. The molecule has 4 aromatic rings. The molecule has 0 radical (unpaired) electrons. The van der Waals surface area contributed by atoms with E-state index in [2.05, 4.69) is 44.5 Å². The van der Waals surface area contributed by atoms with Gasteiger partial charge in [-0.2, -0.15) is 0 Å². The third-order valence-electron chi connectivity index (χ3n) is 4.28. The number of H-pyrrole nitrogens is 1. The SMILES string of the molecule is CCc1ccc(-c2nc(SC(C)C(=O)Nc3nc4ccccc4s3)n[nH]2)cc1. The van der Waals surface area contributed by atoms with Crippen LogP contribution in [-0.4, -0.2) is 31.3 Å². The Morgan fingerprint density at radius 1 is 1.18 bits per heavy atom. The molecule has 2 aromatic carbocycles. The quantitative estimate of drug-likeness (QED) is 0.449. The number of benzene rings is 2. The molecule has 0 saturated carbocycles. The molecule has 1 unspecified atom stereocenters. The van der Waals surface area contributed by atoms with Gasteiger partial charge in [0.2, 0.25) is 11.1 Å². The lowest BCUT2D eigenvalue weighted by Crippen LogP contribution is -2.22. The number of nitrogens with zero attached hydrogens (tertiary/aromatic N) is 3. The Hall–Kier alpha value is -2.71. The predicted molar refractivity (Wildman–Crippen MR) is 115 cm³/mol. The van der Waals surface area contributed by atoms with Crippen molar-refractivity contribution < 1.29 is 4.79 Å². The highest BCUT2D eigenvalue weighted by Crippen LogP contribution is 2.27. The number of para-hydroxylation sites is 1. The molecule has 28 heavy (non-hydrogen) atoms. The zero-order valence-electron chi connectivity index (χ0n) is 15.5. The Bertz CT molecular complexity index is 1070. The number of anilines is 1. The van der Waals surface area contributed by atoms with Crippen LogP contribution in [0, 0.1) is 0 Å². The summed E-state index contributed by atoms with van der Waals surface area (Å²) in [5.74, 6) is 0.576. The van der Waals surface area contributed by atoms with Crippen molar-refractivity contribution in [1.82, 2.24) is 20.2 Å². The largest absolute Gasteiger partial charge is 0.301 e. The van der Waals surface area contributed by atoms with Crippen molar-refractivity contribution in [3.05, 3.63) is 54.1 Å². The van der Waals surface area contributed by atoms with Crippen LogP contribution >= 0.6 is 23.1 Å². The number of rotatable bonds is 6. The molecule has 0 aliphatic heterocycles. The highest BCUT2D eigenvalue weighted by Gasteiger charge is 2.19. The Morgan fingerprint density at radius 3 is 2.71 bits per heavy atom. The second-order valence-corrected chi connectivity index (χ2v) is 8.59. The third kappa shape index (κ3) is 4.07. The number of hydrogen-bond acceptors (Lipinski definition) is 6. The van der Waals surface area contributed by atoms with E-state index in [1.54, 1.807) is 0 Å². The second kappa shape index (κ2) is 8.12. The highest BCUT2D eigenvalue weighted by atomic mass is 32.2. The van der Waals surface area contributed by atoms with Gasteiger partial charge in [-0.25, -0.2) is 9.97 Å². The van der Waals surface area contributed by atoms with E-state index in [9.17, 15) is 4.79 Å². The molecule has 1 atom stereocenters. The molecule has 0 saturated heterocycles. The topological polar surface area (TPSA) is 83.6 Å². The van der Waals surface area contributed by atoms with Crippen LogP contribution in [0.15, 0.2) is 53.7 Å². The fraction of sp³-hybridized carbons (Fsp3) is 0.200. The molecule has 2 aromatic heterocycles. The maximum atomic E-state index is 12.5. The lowest BCUT2D eigenvalue weighted by atomic mass is 10.1. The number of fused-ring (bicyclic) bond motifs is 1. The summed E-state index contributed by atoms with van der Waals surface area (Å²) in [7, 11) is 0. The minimum absolute atomic E-state index is 0.122. The zero-order valence-corrected chi connectivity index (χ0v) is 17.1. The summed E-state index contributed by atoms with van der Waals surface area (Å²) in [5, 5.41) is 10.9. The van der Waals surface area contributed by atoms with Crippen LogP contribution in [0.25, 0.3) is 21.6 Å². The van der Waals surface area contributed by atoms with Gasteiger partial charge in [-0.3, -0.25) is 9.89 Å². The van der Waals surface area contributed by atoms with Crippen LogP contribution in [0.2, 0.25) is 0 Å². The summed E-state index contributed by atoms with van der Waals surface area (Å²) in [6.45, 7) is 3.96. The number of thiazole rings is 1. The normalized spacial score (nSPS) is 12.2. The first-order chi connectivity index (χ1) is 13.6. The van der Waals surface area contributed by atoms with Crippen LogP contribution in [0.3, 0.4) is 0 Å². The molecule has 2 heterocycles. The van der Waals surface area contributed by atoms with E-state index in [0.29, 0.717) is 16.1 Å². The smallest absolute Gasteiger partial charge is 0.239 e. The number of nitrogens with one attached hydrogen (secondary N) is 2. The fourth-order valence-corrected chi connectivity index (χ4v) is 4.26. The lowest BCUT2D eigenvalue weighted by molar-refractivity contribution is -0.115. The molecule has 0 fully saturated rings. The van der Waals surface area contributed by atoms with Gasteiger partial charge < -0.3 is 5.32 Å². The van der Waals surface area contributed by atoms with Gasteiger partial charge in [0, 0.05) is 5.56 Å². The van der Waals surface area contributed by atoms with Crippen LogP contribution in [0.4, 0.5) is 5.13 Å². The van der Waals surface area contributed by atoms with E-state index in [0.717, 1.165) is 22.2 Å². The number of hydrogen-bond donors (Lipinski definition) is 2. The van der Waals surface area contributed by atoms with Crippen LogP contribution in [0.5, 0.6) is 0 Å². The molecular weight excluding hydrogens is 390 g/mol. The molecular formula is C20H19N5OS2. The molecule has 8 heteroatoms. The van der Waals surface area contributed by atoms with Crippen molar-refractivity contribution in [2.45, 2.75) is 30.7 Å². The number of aromatic amines is 1. The number of thioether (sulfide) groups is 1. The monoisotopic (exact) mass is 409 g/mol. The second-order valence-electron chi connectivity index (χ2n) is 6.25. The van der Waals surface area contributed by atoms with Crippen LogP contribution in [-0.2, 0) is 11.2 Å². The number of amides is 1. The summed E-state index contributed by atoms with van der Waals surface area (Å²) in [4.78, 5) is 21.5. The Morgan fingerprint density at radius 2 is 1.96 bits per heavy atom. The average molecular weight is 410 g/mol. The summed E-state index contributed by atoms with van der Waals surface area (Å²) < 4.78 is 1.05. The van der Waals surface area contributed by atoms with Crippen LogP contribution in [0.1, 0.15) is 19.4 Å². The Kier molecular flexibility index (Phi) is 5.40. The van der Waals surface area contributed by atoms with Gasteiger partial charge in [-0.1, -0.05) is 66.4 Å². The molecule has 4 rings (SSSR count). The third-order valence-corrected chi connectivity index (χ3v) is 6.19. The van der Waals surface area contributed by atoms with Crippen LogP contribution < -0.4 is 5.32 Å². The molecule has 142 valence electrons. The van der Waals surface area contributed by atoms with Gasteiger partial charge >= 0.3 is 0 Å². The number of carbonyl (C=O) groups is 1. The summed E-state index contributed by atoms with van der Waals surface area (Å²) in [6.07, 6.45) is 0.999. The zero-order chi connectivity index (χ0) is 19.5. The van der Waals surface area contributed by atoms with Gasteiger partial charge in [-0.15, -0.1) is 5.10 Å². The van der Waals surface area contributed by atoms with E-state index >= 15 is 0 Å². The molecule has 0 aliphatic rings. The number of aryl methyl sites for hydroxylation is 1. The number of aromatic nitrogens is 4. The lowest BCUT2D eigenvalue weighted by Gasteiger charge is -2.07. The van der Waals surface area contributed by atoms with Crippen molar-refractivity contribution in [3.8, 4) is 11.4 Å². The Labute approximate surface area is 170 Å². The van der Waals surface area contributed by atoms with Gasteiger partial charge in [0.15, 0.2) is 11.0 Å². The van der Waals surface area contributed by atoms with Gasteiger partial charge in [0.05, 0.1) is 15.5 Å². The first-order valence-electron chi connectivity index (χ1n) is 8.97. The minimum atomic E-state index is -0.349. The van der Waals surface area contributed by atoms with E-state index in [4.69, 9.17) is 0 Å². The summed E-state index contributed by atoms with van der Waals surface area (Å²) in [5.41, 5.74) is 3.14. The van der Waals surface area contributed by atoms with Crippen molar-refractivity contribution in [2.75, 3.05) is 5.32 Å².